The van der Waals surface area contributed by atoms with Gasteiger partial charge in [-0.2, -0.15) is 0 Å². The molecule has 1 N–H and O–H groups in total. The van der Waals surface area contributed by atoms with E-state index in [9.17, 15) is 8.78 Å². The lowest BCUT2D eigenvalue weighted by Gasteiger charge is -2.09. The molecule has 0 fully saturated rings. The van der Waals surface area contributed by atoms with Crippen molar-refractivity contribution < 1.29 is 8.78 Å². The minimum absolute atomic E-state index is 0.253. The highest BCUT2D eigenvalue weighted by atomic mass is 35.5. The van der Waals surface area contributed by atoms with Gasteiger partial charge < -0.3 is 5.32 Å². The zero-order valence-electron chi connectivity index (χ0n) is 11.0. The highest BCUT2D eigenvalue weighted by Gasteiger charge is 2.07. The van der Waals surface area contributed by atoms with Gasteiger partial charge in [-0.15, -0.1) is 11.6 Å². The van der Waals surface area contributed by atoms with Crippen molar-refractivity contribution in [1.29, 1.82) is 0 Å². The first-order valence-electron chi connectivity index (χ1n) is 6.52. The Bertz CT molecular complexity index is 572. The van der Waals surface area contributed by atoms with Crippen LogP contribution in [0.2, 0.25) is 0 Å². The van der Waals surface area contributed by atoms with Crippen LogP contribution >= 0.6 is 11.6 Å². The van der Waals surface area contributed by atoms with Crippen LogP contribution in [-0.4, -0.2) is 5.88 Å². The first kappa shape index (κ1) is 14.8. The summed E-state index contributed by atoms with van der Waals surface area (Å²) in [5.41, 5.74) is 2.38. The van der Waals surface area contributed by atoms with E-state index in [0.717, 1.165) is 24.6 Å². The second-order valence-corrected chi connectivity index (χ2v) is 4.94. The van der Waals surface area contributed by atoms with Crippen molar-refractivity contribution in [2.24, 2.45) is 0 Å². The fraction of sp³-hybridized carbons (Fsp3) is 0.250. The lowest BCUT2D eigenvalue weighted by Crippen LogP contribution is -2.03. The number of anilines is 1. The van der Waals surface area contributed by atoms with E-state index in [0.29, 0.717) is 11.4 Å². The highest BCUT2D eigenvalue weighted by molar-refractivity contribution is 6.17. The molecule has 0 bridgehead atoms. The molecule has 2 aromatic rings. The molecule has 0 saturated carbocycles. The number of aryl methyl sites for hydroxylation is 1. The van der Waals surface area contributed by atoms with Crippen LogP contribution in [-0.2, 0) is 13.0 Å². The van der Waals surface area contributed by atoms with Gasteiger partial charge in [0.05, 0.1) is 0 Å². The monoisotopic (exact) mass is 295 g/mol. The topological polar surface area (TPSA) is 12.0 Å². The SMILES string of the molecule is Fc1cccc(CNc2cccc(CCCCl)c2)c1F. The van der Waals surface area contributed by atoms with E-state index in [4.69, 9.17) is 11.6 Å². The molecule has 0 amide bonds. The van der Waals surface area contributed by atoms with Gasteiger partial charge in [0.2, 0.25) is 0 Å². The zero-order valence-corrected chi connectivity index (χ0v) is 11.8. The Balaban J connectivity index is 2.01. The molecule has 1 nitrogen and oxygen atoms in total. The molecular weight excluding hydrogens is 280 g/mol. The number of hydrogen-bond acceptors (Lipinski definition) is 1. The van der Waals surface area contributed by atoms with Crippen LogP contribution in [0.25, 0.3) is 0 Å². The third kappa shape index (κ3) is 3.94. The maximum absolute atomic E-state index is 13.5. The van der Waals surface area contributed by atoms with Crippen LogP contribution < -0.4 is 5.32 Å². The van der Waals surface area contributed by atoms with Crippen molar-refractivity contribution in [2.45, 2.75) is 19.4 Å². The molecule has 0 radical (unpaired) electrons. The molecule has 2 aromatic carbocycles. The average Bonchev–Trinajstić information content (AvgIpc) is 2.47. The zero-order chi connectivity index (χ0) is 14.4. The van der Waals surface area contributed by atoms with Crippen molar-refractivity contribution in [2.75, 3.05) is 11.2 Å². The van der Waals surface area contributed by atoms with Crippen molar-refractivity contribution in [1.82, 2.24) is 0 Å². The van der Waals surface area contributed by atoms with Gasteiger partial charge in [0.25, 0.3) is 0 Å². The standard InChI is InChI=1S/C16H16ClF2N/c17-9-3-5-12-4-1-7-14(10-12)20-11-13-6-2-8-15(18)16(13)19/h1-2,4,6-8,10,20H,3,5,9,11H2. The summed E-state index contributed by atoms with van der Waals surface area (Å²) in [7, 11) is 0. The number of nitrogens with one attached hydrogen (secondary N) is 1. The summed E-state index contributed by atoms with van der Waals surface area (Å²) in [5, 5.41) is 3.11. The van der Waals surface area contributed by atoms with E-state index >= 15 is 0 Å². The van der Waals surface area contributed by atoms with Gasteiger partial charge in [-0.3, -0.25) is 0 Å². The summed E-state index contributed by atoms with van der Waals surface area (Å²) in [5.74, 6) is -0.981. The number of benzene rings is 2. The predicted octanol–water partition coefficient (Wildman–Crippen LogP) is 4.75. The molecular formula is C16H16ClF2N. The molecule has 0 heterocycles. The summed E-state index contributed by atoms with van der Waals surface area (Å²) in [6.07, 6.45) is 1.83. The number of hydrogen-bond donors (Lipinski definition) is 1. The van der Waals surface area contributed by atoms with Gasteiger partial charge in [-0.05, 0) is 36.6 Å². The molecule has 0 aliphatic rings. The quantitative estimate of drug-likeness (QED) is 0.759. The Morgan fingerprint density at radius 2 is 1.85 bits per heavy atom. The normalized spacial score (nSPS) is 10.6. The lowest BCUT2D eigenvalue weighted by molar-refractivity contribution is 0.500. The second kappa shape index (κ2) is 7.25. The van der Waals surface area contributed by atoms with E-state index in [-0.39, 0.29) is 6.54 Å². The van der Waals surface area contributed by atoms with Gasteiger partial charge in [0, 0.05) is 23.7 Å². The lowest BCUT2D eigenvalue weighted by atomic mass is 10.1. The summed E-state index contributed by atoms with van der Waals surface area (Å²) < 4.78 is 26.6. The molecule has 20 heavy (non-hydrogen) atoms. The van der Waals surface area contributed by atoms with E-state index < -0.39 is 11.6 Å². The van der Waals surface area contributed by atoms with Crippen LogP contribution in [0.15, 0.2) is 42.5 Å². The molecule has 0 spiro atoms. The van der Waals surface area contributed by atoms with Gasteiger partial charge in [-0.1, -0.05) is 24.3 Å². The van der Waals surface area contributed by atoms with Crippen LogP contribution in [0.4, 0.5) is 14.5 Å². The summed E-state index contributed by atoms with van der Waals surface area (Å²) in [6.45, 7) is 0.253. The summed E-state index contributed by atoms with van der Waals surface area (Å²) >= 11 is 5.67. The predicted molar refractivity (Wildman–Crippen MR) is 79.2 cm³/mol. The molecule has 4 heteroatoms. The van der Waals surface area contributed by atoms with Gasteiger partial charge in [-0.25, -0.2) is 8.78 Å². The average molecular weight is 296 g/mol. The molecule has 0 aromatic heterocycles. The Labute approximate surface area is 122 Å². The van der Waals surface area contributed by atoms with Crippen LogP contribution in [0.1, 0.15) is 17.5 Å². The van der Waals surface area contributed by atoms with E-state index in [1.54, 1.807) is 6.07 Å². The molecule has 106 valence electrons. The first-order chi connectivity index (χ1) is 9.70. The molecule has 2 rings (SSSR count). The first-order valence-corrected chi connectivity index (χ1v) is 7.06. The van der Waals surface area contributed by atoms with Crippen LogP contribution in [0.3, 0.4) is 0 Å². The third-order valence-corrected chi connectivity index (χ3v) is 3.31. The Kier molecular flexibility index (Phi) is 5.36. The fourth-order valence-electron chi connectivity index (χ4n) is 1.99. The van der Waals surface area contributed by atoms with Crippen molar-refractivity contribution in [3.8, 4) is 0 Å². The van der Waals surface area contributed by atoms with E-state index in [1.165, 1.54) is 11.6 Å². The molecule has 0 atom stereocenters. The van der Waals surface area contributed by atoms with Crippen LogP contribution in [0, 0.1) is 11.6 Å². The van der Waals surface area contributed by atoms with Crippen molar-refractivity contribution >= 4 is 17.3 Å². The summed E-state index contributed by atoms with van der Waals surface area (Å²) in [6, 6.07) is 12.1. The largest absolute Gasteiger partial charge is 0.381 e. The fourth-order valence-corrected chi connectivity index (χ4v) is 2.12. The highest BCUT2D eigenvalue weighted by Crippen LogP contribution is 2.16. The van der Waals surface area contributed by atoms with Crippen molar-refractivity contribution in [3.63, 3.8) is 0 Å². The number of alkyl halides is 1. The van der Waals surface area contributed by atoms with Crippen LogP contribution in [0.5, 0.6) is 0 Å². The number of halogens is 3. The van der Waals surface area contributed by atoms with Crippen molar-refractivity contribution in [3.05, 3.63) is 65.2 Å². The minimum atomic E-state index is -0.819. The Morgan fingerprint density at radius 3 is 2.65 bits per heavy atom. The maximum Gasteiger partial charge on any atom is 0.163 e. The molecule has 0 saturated heterocycles. The Hall–Kier alpha value is -1.61. The van der Waals surface area contributed by atoms with E-state index in [2.05, 4.69) is 5.32 Å². The summed E-state index contributed by atoms with van der Waals surface area (Å²) in [4.78, 5) is 0. The smallest absolute Gasteiger partial charge is 0.163 e. The van der Waals surface area contributed by atoms with Gasteiger partial charge >= 0.3 is 0 Å². The minimum Gasteiger partial charge on any atom is -0.381 e. The third-order valence-electron chi connectivity index (χ3n) is 3.04. The second-order valence-electron chi connectivity index (χ2n) is 4.56. The van der Waals surface area contributed by atoms with Gasteiger partial charge in [0.1, 0.15) is 0 Å². The molecule has 0 aliphatic carbocycles. The van der Waals surface area contributed by atoms with Gasteiger partial charge in [0.15, 0.2) is 11.6 Å². The Morgan fingerprint density at radius 1 is 1.05 bits per heavy atom. The number of rotatable bonds is 6. The maximum atomic E-state index is 13.5. The molecule has 0 unspecified atom stereocenters. The molecule has 0 aliphatic heterocycles. The van der Waals surface area contributed by atoms with E-state index in [1.807, 2.05) is 24.3 Å².